The number of thiophene rings is 1. The van der Waals surface area contributed by atoms with Crippen LogP contribution in [-0.4, -0.2) is 9.97 Å². The number of allylic oxidation sites excluding steroid dienone is 2. The quantitative estimate of drug-likeness (QED) is 0.168. The fourth-order valence-corrected chi connectivity index (χ4v) is 5.14. The molecule has 0 fully saturated rings. The molecule has 0 aliphatic rings. The third-order valence-corrected chi connectivity index (χ3v) is 7.03. The van der Waals surface area contributed by atoms with Crippen molar-refractivity contribution < 1.29 is 4.28 Å². The largest absolute Gasteiger partial charge is 0.263 e. The average Bonchev–Trinajstić information content (AvgIpc) is 3.41. The van der Waals surface area contributed by atoms with Crippen molar-refractivity contribution in [2.24, 2.45) is 5.92 Å². The van der Waals surface area contributed by atoms with Gasteiger partial charge in [-0.05, 0) is 43.5 Å². The minimum absolute atomic E-state index is 0.718. The van der Waals surface area contributed by atoms with E-state index < -0.39 is 0 Å². The third kappa shape index (κ3) is 7.18. The number of pyridine rings is 1. The first-order valence-electron chi connectivity index (χ1n) is 10.2. The highest BCUT2D eigenvalue weighted by Gasteiger charge is 2.07. The van der Waals surface area contributed by atoms with Crippen LogP contribution in [0.15, 0.2) is 71.2 Å². The Morgan fingerprint density at radius 3 is 2.77 bits per heavy atom. The zero-order valence-electron chi connectivity index (χ0n) is 18.2. The third-order valence-electron chi connectivity index (χ3n) is 4.15. The van der Waals surface area contributed by atoms with Gasteiger partial charge in [0.05, 0.1) is 27.9 Å². The minimum Gasteiger partial charge on any atom is -0.263 e. The number of fused-ring (bicyclic) bond motifs is 1. The van der Waals surface area contributed by atoms with Gasteiger partial charge in [-0.2, -0.15) is 4.28 Å². The Morgan fingerprint density at radius 1 is 1.23 bits per heavy atom. The zero-order chi connectivity index (χ0) is 22.1. The van der Waals surface area contributed by atoms with E-state index in [-0.39, 0.29) is 0 Å². The van der Waals surface area contributed by atoms with Crippen molar-refractivity contribution in [3.63, 3.8) is 0 Å². The summed E-state index contributed by atoms with van der Waals surface area (Å²) in [5.74, 6) is 0.718. The molecule has 31 heavy (non-hydrogen) atoms. The molecule has 3 aromatic heterocycles. The number of hydrogen-bond donors (Lipinski definition) is 1. The van der Waals surface area contributed by atoms with Crippen LogP contribution < -0.4 is 5.48 Å². The van der Waals surface area contributed by atoms with Crippen LogP contribution in [0.2, 0.25) is 0 Å². The van der Waals surface area contributed by atoms with E-state index in [4.69, 9.17) is 4.28 Å². The summed E-state index contributed by atoms with van der Waals surface area (Å²) in [7, 11) is 0. The molecule has 1 N–H and O–H groups in total. The molecule has 0 aliphatic carbocycles. The summed E-state index contributed by atoms with van der Waals surface area (Å²) in [6.07, 6.45) is 8.91. The first kappa shape index (κ1) is 23.5. The molecule has 162 valence electrons. The molecule has 4 aromatic rings. The van der Waals surface area contributed by atoms with Crippen molar-refractivity contribution in [3.8, 4) is 10.6 Å². The maximum Gasteiger partial charge on any atom is 0.124 e. The van der Waals surface area contributed by atoms with Gasteiger partial charge in [0.1, 0.15) is 5.01 Å². The molecule has 0 spiro atoms. The van der Waals surface area contributed by atoms with Gasteiger partial charge in [-0.15, -0.1) is 22.7 Å². The molecule has 4 rings (SSSR count). The summed E-state index contributed by atoms with van der Waals surface area (Å²) in [6, 6.07) is 12.2. The molecule has 0 atom stereocenters. The highest BCUT2D eigenvalue weighted by Crippen LogP contribution is 2.31. The Balaban J connectivity index is 0.000000401. The van der Waals surface area contributed by atoms with Crippen LogP contribution in [0.5, 0.6) is 0 Å². The van der Waals surface area contributed by atoms with Gasteiger partial charge in [0.25, 0.3) is 0 Å². The number of hydrogen-bond acceptors (Lipinski definition) is 7. The van der Waals surface area contributed by atoms with Crippen LogP contribution in [0.1, 0.15) is 32.6 Å². The highest BCUT2D eigenvalue weighted by molar-refractivity contribution is 7.94. The number of aryl methyl sites for hydroxylation is 1. The lowest BCUT2D eigenvalue weighted by atomic mass is 10.2. The second kappa shape index (κ2) is 12.0. The van der Waals surface area contributed by atoms with E-state index in [9.17, 15) is 0 Å². The van der Waals surface area contributed by atoms with Gasteiger partial charge < -0.3 is 0 Å². The summed E-state index contributed by atoms with van der Waals surface area (Å²) in [5, 5.41) is 3.08. The molecule has 0 aliphatic heterocycles. The van der Waals surface area contributed by atoms with Gasteiger partial charge in [0.2, 0.25) is 0 Å². The van der Waals surface area contributed by atoms with Gasteiger partial charge in [-0.3, -0.25) is 10.5 Å². The van der Waals surface area contributed by atoms with E-state index in [1.807, 2.05) is 37.4 Å². The molecule has 0 bridgehead atoms. The fraction of sp³-hybridized carbons (Fsp3) is 0.250. The Kier molecular flexibility index (Phi) is 9.09. The van der Waals surface area contributed by atoms with Crippen molar-refractivity contribution in [2.45, 2.75) is 39.0 Å². The van der Waals surface area contributed by atoms with E-state index in [1.165, 1.54) is 16.9 Å². The maximum absolute atomic E-state index is 5.56. The Bertz CT molecular complexity index is 1080. The topological polar surface area (TPSA) is 47.0 Å². The smallest absolute Gasteiger partial charge is 0.124 e. The molecule has 4 nitrogen and oxygen atoms in total. The Morgan fingerprint density at radius 2 is 2.10 bits per heavy atom. The number of nitrogens with zero attached hydrogens (tertiary/aromatic N) is 2. The number of anilines is 1. The van der Waals surface area contributed by atoms with Crippen molar-refractivity contribution in [3.05, 3.63) is 71.2 Å². The van der Waals surface area contributed by atoms with Crippen molar-refractivity contribution >= 4 is 50.6 Å². The second-order valence-corrected chi connectivity index (χ2v) is 9.92. The van der Waals surface area contributed by atoms with Gasteiger partial charge in [-0.1, -0.05) is 45.1 Å². The lowest BCUT2D eigenvalue weighted by Crippen LogP contribution is -1.93. The standard InChI is InChI=1S/C18H15N3OS3.C6H12/c1-2-14-9-15(11-23-14)25-22-21-13-5-3-4-12(8-13)18-20-16-6-7-19-10-17(16)24-18;1-4-5-6(2)3/h3-11,21H,2H2,1H3;4-6H,1-3H3/b;5-4-. The molecule has 1 aromatic carbocycles. The van der Waals surface area contributed by atoms with E-state index >= 15 is 0 Å². The van der Waals surface area contributed by atoms with E-state index in [0.717, 1.165) is 43.7 Å². The maximum atomic E-state index is 5.56. The number of benzene rings is 1. The van der Waals surface area contributed by atoms with Gasteiger partial charge in [-0.25, -0.2) is 4.98 Å². The molecule has 0 amide bonds. The van der Waals surface area contributed by atoms with Crippen LogP contribution >= 0.6 is 34.7 Å². The first-order valence-corrected chi connectivity index (χ1v) is 12.6. The van der Waals surface area contributed by atoms with E-state index in [0.29, 0.717) is 0 Å². The SMILES string of the molecule is C/C=C\C(C)C.CCc1cc(SONc2cccc(-c3nc4ccncc4s3)c2)cs1. The van der Waals surface area contributed by atoms with Crippen LogP contribution in [0.3, 0.4) is 0 Å². The summed E-state index contributed by atoms with van der Waals surface area (Å²) in [4.78, 5) is 11.3. The van der Waals surface area contributed by atoms with Gasteiger partial charge in [0.15, 0.2) is 0 Å². The second-order valence-electron chi connectivity index (χ2n) is 7.08. The molecular weight excluding hydrogens is 442 g/mol. The summed E-state index contributed by atoms with van der Waals surface area (Å²) in [5.41, 5.74) is 5.93. The van der Waals surface area contributed by atoms with E-state index in [1.54, 1.807) is 28.9 Å². The van der Waals surface area contributed by atoms with Crippen molar-refractivity contribution in [1.82, 2.24) is 9.97 Å². The Labute approximate surface area is 196 Å². The number of nitrogens with one attached hydrogen (secondary N) is 1. The highest BCUT2D eigenvalue weighted by atomic mass is 32.2. The average molecular weight is 470 g/mol. The first-order chi connectivity index (χ1) is 15.1. The summed E-state index contributed by atoms with van der Waals surface area (Å²) < 4.78 is 6.65. The number of thiazole rings is 1. The van der Waals surface area contributed by atoms with Crippen LogP contribution in [-0.2, 0) is 10.7 Å². The monoisotopic (exact) mass is 469 g/mol. The number of aromatic nitrogens is 2. The Hall–Kier alpha value is -2.19. The molecule has 0 saturated carbocycles. The predicted molar refractivity (Wildman–Crippen MR) is 137 cm³/mol. The van der Waals surface area contributed by atoms with Crippen molar-refractivity contribution in [2.75, 3.05) is 5.48 Å². The van der Waals surface area contributed by atoms with Crippen LogP contribution in [0.25, 0.3) is 20.8 Å². The molecular formula is C24H27N3OS3. The van der Waals surface area contributed by atoms with Crippen LogP contribution in [0, 0.1) is 5.92 Å². The lowest BCUT2D eigenvalue weighted by Gasteiger charge is -2.05. The minimum atomic E-state index is 0.718. The zero-order valence-corrected chi connectivity index (χ0v) is 20.6. The molecule has 0 saturated heterocycles. The summed E-state index contributed by atoms with van der Waals surface area (Å²) in [6.45, 7) is 8.53. The van der Waals surface area contributed by atoms with Crippen LogP contribution in [0.4, 0.5) is 5.69 Å². The number of rotatable bonds is 7. The van der Waals surface area contributed by atoms with Gasteiger partial charge >= 0.3 is 0 Å². The molecule has 3 heterocycles. The predicted octanol–water partition coefficient (Wildman–Crippen LogP) is 8.25. The molecule has 0 radical (unpaired) electrons. The van der Waals surface area contributed by atoms with E-state index in [2.05, 4.69) is 65.9 Å². The molecule has 7 heteroatoms. The van der Waals surface area contributed by atoms with Gasteiger partial charge in [0, 0.05) is 33.1 Å². The molecule has 0 unspecified atom stereocenters. The van der Waals surface area contributed by atoms with Crippen molar-refractivity contribution in [1.29, 1.82) is 0 Å². The fourth-order valence-electron chi connectivity index (χ4n) is 2.71. The normalized spacial score (nSPS) is 11.1. The summed E-state index contributed by atoms with van der Waals surface area (Å²) >= 11 is 4.73. The lowest BCUT2D eigenvalue weighted by molar-refractivity contribution is 0.477.